The summed E-state index contributed by atoms with van der Waals surface area (Å²) in [6.45, 7) is 7.97. The van der Waals surface area contributed by atoms with Gasteiger partial charge in [-0.2, -0.15) is 0 Å². The minimum absolute atomic E-state index is 0. The molecule has 0 radical (unpaired) electrons. The number of ether oxygens (including phenoxy) is 3. The van der Waals surface area contributed by atoms with Gasteiger partial charge in [0, 0.05) is 28.3 Å². The molecule has 0 aliphatic heterocycles. The number of hydrogen-bond donors (Lipinski definition) is 1. The molecule has 0 aliphatic rings. The van der Waals surface area contributed by atoms with Crippen LogP contribution >= 0.6 is 0 Å². The fourth-order valence-corrected chi connectivity index (χ4v) is 1.32. The second kappa shape index (κ2) is 15.0. The molecular weight excluding hydrogens is 280 g/mol. The van der Waals surface area contributed by atoms with E-state index in [1.807, 2.05) is 0 Å². The molecule has 4 nitrogen and oxygen atoms in total. The molecule has 0 bridgehead atoms. The van der Waals surface area contributed by atoms with Gasteiger partial charge in [-0.15, -0.1) is 0 Å². The molecule has 114 valence electrons. The minimum atomic E-state index is -1.57. The SMILES string of the molecule is CCCCOCC(O)(OCCCC)OCCCC.[Ti]. The molecule has 0 aromatic heterocycles. The Labute approximate surface area is 133 Å². The predicted molar refractivity (Wildman–Crippen MR) is 72.4 cm³/mol. The fraction of sp³-hybridized carbons (Fsp3) is 1.00. The van der Waals surface area contributed by atoms with Gasteiger partial charge in [0.25, 0.3) is 0 Å². The Balaban J connectivity index is 0. The van der Waals surface area contributed by atoms with E-state index in [1.165, 1.54) is 0 Å². The topological polar surface area (TPSA) is 47.9 Å². The molecule has 0 unspecified atom stereocenters. The molecule has 0 aromatic rings. The molecule has 19 heavy (non-hydrogen) atoms. The summed E-state index contributed by atoms with van der Waals surface area (Å²) in [4.78, 5) is 0. The van der Waals surface area contributed by atoms with Crippen LogP contribution in [0.15, 0.2) is 0 Å². The third-order valence-corrected chi connectivity index (χ3v) is 2.58. The van der Waals surface area contributed by atoms with Crippen LogP contribution in [-0.2, 0) is 35.9 Å². The Morgan fingerprint density at radius 2 is 1.21 bits per heavy atom. The van der Waals surface area contributed by atoms with Gasteiger partial charge in [0.05, 0.1) is 13.2 Å². The summed E-state index contributed by atoms with van der Waals surface area (Å²) in [6.07, 6.45) is 5.94. The first-order chi connectivity index (χ1) is 8.68. The maximum Gasteiger partial charge on any atom is 0.305 e. The van der Waals surface area contributed by atoms with Crippen molar-refractivity contribution in [3.05, 3.63) is 0 Å². The summed E-state index contributed by atoms with van der Waals surface area (Å²) in [5.74, 6) is -1.57. The van der Waals surface area contributed by atoms with E-state index in [1.54, 1.807) is 0 Å². The molecule has 0 saturated heterocycles. The van der Waals surface area contributed by atoms with Crippen molar-refractivity contribution in [2.45, 2.75) is 65.3 Å². The Hall–Kier alpha value is 0.554. The van der Waals surface area contributed by atoms with Gasteiger partial charge >= 0.3 is 5.97 Å². The number of unbranched alkanes of at least 4 members (excludes halogenated alkanes) is 3. The van der Waals surface area contributed by atoms with Crippen molar-refractivity contribution in [3.63, 3.8) is 0 Å². The molecule has 0 saturated carbocycles. The van der Waals surface area contributed by atoms with Gasteiger partial charge in [-0.3, -0.25) is 0 Å². The Bertz CT molecular complexity index is 169. The van der Waals surface area contributed by atoms with Crippen LogP contribution in [0.2, 0.25) is 0 Å². The van der Waals surface area contributed by atoms with Crippen molar-refractivity contribution in [2.24, 2.45) is 0 Å². The maximum absolute atomic E-state index is 10.2. The largest absolute Gasteiger partial charge is 0.373 e. The summed E-state index contributed by atoms with van der Waals surface area (Å²) >= 11 is 0. The molecule has 0 aromatic carbocycles. The van der Waals surface area contributed by atoms with E-state index in [0.717, 1.165) is 38.5 Å². The van der Waals surface area contributed by atoms with Crippen LogP contribution in [0.4, 0.5) is 0 Å². The van der Waals surface area contributed by atoms with Gasteiger partial charge in [-0.05, 0) is 19.3 Å². The molecule has 0 amide bonds. The first-order valence-electron chi connectivity index (χ1n) is 7.26. The third kappa shape index (κ3) is 13.3. The van der Waals surface area contributed by atoms with Crippen LogP contribution in [0.25, 0.3) is 0 Å². The molecule has 0 atom stereocenters. The van der Waals surface area contributed by atoms with E-state index in [4.69, 9.17) is 14.2 Å². The zero-order valence-electron chi connectivity index (χ0n) is 12.7. The standard InChI is InChI=1S/C14H30O4.Ti/c1-4-7-10-16-13-14(15,17-11-8-5-2)18-12-9-6-3;/h15H,4-13H2,1-3H3;. The molecule has 0 fully saturated rings. The Kier molecular flexibility index (Phi) is 17.2. The smallest absolute Gasteiger partial charge is 0.305 e. The summed E-state index contributed by atoms with van der Waals surface area (Å²) in [6, 6.07) is 0. The molecule has 5 heteroatoms. The monoisotopic (exact) mass is 310 g/mol. The molecule has 0 aliphatic carbocycles. The predicted octanol–water partition coefficient (Wildman–Crippen LogP) is 3.08. The second-order valence-electron chi connectivity index (χ2n) is 4.52. The van der Waals surface area contributed by atoms with Crippen molar-refractivity contribution in [1.29, 1.82) is 0 Å². The van der Waals surface area contributed by atoms with Crippen LogP contribution in [-0.4, -0.2) is 37.5 Å². The summed E-state index contributed by atoms with van der Waals surface area (Å²) in [5.41, 5.74) is 0. The molecule has 0 heterocycles. The molecular formula is C14H30O4Ti. The van der Waals surface area contributed by atoms with Crippen molar-refractivity contribution < 1.29 is 41.0 Å². The van der Waals surface area contributed by atoms with Crippen molar-refractivity contribution >= 4 is 0 Å². The van der Waals surface area contributed by atoms with E-state index >= 15 is 0 Å². The molecule has 0 rings (SSSR count). The van der Waals surface area contributed by atoms with E-state index in [0.29, 0.717) is 19.8 Å². The van der Waals surface area contributed by atoms with Crippen LogP contribution in [0.5, 0.6) is 0 Å². The van der Waals surface area contributed by atoms with E-state index in [-0.39, 0.29) is 28.3 Å². The summed E-state index contributed by atoms with van der Waals surface area (Å²) in [5, 5.41) is 10.2. The summed E-state index contributed by atoms with van der Waals surface area (Å²) < 4.78 is 16.2. The minimum Gasteiger partial charge on any atom is -0.373 e. The first kappa shape index (κ1) is 21.8. The van der Waals surface area contributed by atoms with Gasteiger partial charge in [0.2, 0.25) is 0 Å². The fourth-order valence-electron chi connectivity index (χ4n) is 1.32. The third-order valence-electron chi connectivity index (χ3n) is 2.58. The van der Waals surface area contributed by atoms with Crippen LogP contribution in [0.3, 0.4) is 0 Å². The second-order valence-corrected chi connectivity index (χ2v) is 4.52. The first-order valence-corrected chi connectivity index (χ1v) is 7.26. The van der Waals surface area contributed by atoms with Crippen molar-refractivity contribution in [2.75, 3.05) is 26.4 Å². The number of aliphatic hydroxyl groups is 1. The van der Waals surface area contributed by atoms with Gasteiger partial charge in [0.15, 0.2) is 0 Å². The Morgan fingerprint density at radius 3 is 1.63 bits per heavy atom. The average molecular weight is 310 g/mol. The van der Waals surface area contributed by atoms with Gasteiger partial charge < -0.3 is 19.3 Å². The van der Waals surface area contributed by atoms with Crippen molar-refractivity contribution in [3.8, 4) is 0 Å². The number of rotatable bonds is 13. The molecule has 0 spiro atoms. The van der Waals surface area contributed by atoms with E-state index in [2.05, 4.69) is 20.8 Å². The number of hydrogen-bond acceptors (Lipinski definition) is 4. The van der Waals surface area contributed by atoms with Gasteiger partial charge in [0.1, 0.15) is 6.61 Å². The quantitative estimate of drug-likeness (QED) is 0.323. The zero-order chi connectivity index (χ0) is 13.7. The normalized spacial score (nSPS) is 11.4. The van der Waals surface area contributed by atoms with Crippen LogP contribution < -0.4 is 0 Å². The molecule has 1 N–H and O–H groups in total. The Morgan fingerprint density at radius 1 is 0.789 bits per heavy atom. The van der Waals surface area contributed by atoms with Crippen LogP contribution in [0.1, 0.15) is 59.3 Å². The van der Waals surface area contributed by atoms with Gasteiger partial charge in [-0.25, -0.2) is 0 Å². The van der Waals surface area contributed by atoms with Gasteiger partial charge in [-0.1, -0.05) is 40.0 Å². The summed E-state index contributed by atoms with van der Waals surface area (Å²) in [7, 11) is 0. The average Bonchev–Trinajstić information content (AvgIpc) is 2.36. The van der Waals surface area contributed by atoms with E-state index < -0.39 is 5.97 Å². The van der Waals surface area contributed by atoms with E-state index in [9.17, 15) is 5.11 Å². The maximum atomic E-state index is 10.2. The van der Waals surface area contributed by atoms with Crippen LogP contribution in [0, 0.1) is 0 Å². The van der Waals surface area contributed by atoms with Crippen molar-refractivity contribution in [1.82, 2.24) is 0 Å². The zero-order valence-corrected chi connectivity index (χ0v) is 14.3.